The van der Waals surface area contributed by atoms with E-state index in [9.17, 15) is 13.2 Å². The highest BCUT2D eigenvalue weighted by atomic mass is 35.5. The van der Waals surface area contributed by atoms with Crippen LogP contribution in [0.5, 0.6) is 11.5 Å². The fourth-order valence-electron chi connectivity index (χ4n) is 4.00. The lowest BCUT2D eigenvalue weighted by molar-refractivity contribution is -0.220. The lowest BCUT2D eigenvalue weighted by Gasteiger charge is -2.41. The summed E-state index contributed by atoms with van der Waals surface area (Å²) in [7, 11) is -3.01. The van der Waals surface area contributed by atoms with Gasteiger partial charge >= 0.3 is 5.97 Å². The highest BCUT2D eigenvalue weighted by Gasteiger charge is 2.42. The maximum atomic E-state index is 11.2. The highest BCUT2D eigenvalue weighted by Crippen LogP contribution is 2.35. The van der Waals surface area contributed by atoms with Crippen molar-refractivity contribution in [1.82, 2.24) is 0 Å². The van der Waals surface area contributed by atoms with E-state index in [2.05, 4.69) is 0 Å². The maximum Gasteiger partial charge on any atom is 0.329 e. The van der Waals surface area contributed by atoms with Crippen LogP contribution >= 0.6 is 11.6 Å². The van der Waals surface area contributed by atoms with Crippen LogP contribution in [0.1, 0.15) is 17.5 Å². The number of hydrogen-bond acceptors (Lipinski definition) is 7. The molecule has 10 heteroatoms. The molecule has 0 radical (unpaired) electrons. The van der Waals surface area contributed by atoms with Crippen LogP contribution in [0.3, 0.4) is 0 Å². The molecular formula is C28H29ClO8S. The Morgan fingerprint density at radius 1 is 1.03 bits per heavy atom. The summed E-state index contributed by atoms with van der Waals surface area (Å²) >= 11 is 6.52. The van der Waals surface area contributed by atoms with Gasteiger partial charge in [0, 0.05) is 11.8 Å². The van der Waals surface area contributed by atoms with Crippen molar-refractivity contribution in [1.29, 1.82) is 0 Å². The molecule has 0 unspecified atom stereocenters. The van der Waals surface area contributed by atoms with Gasteiger partial charge < -0.3 is 24.1 Å². The molecule has 0 atom stereocenters. The number of carboxylic acids is 1. The van der Waals surface area contributed by atoms with E-state index in [1.54, 1.807) is 6.07 Å². The van der Waals surface area contributed by atoms with Gasteiger partial charge in [-0.05, 0) is 59.5 Å². The van der Waals surface area contributed by atoms with Gasteiger partial charge in [0.05, 0.1) is 30.6 Å². The zero-order valence-electron chi connectivity index (χ0n) is 20.9. The molecular weight excluding hydrogens is 532 g/mol. The lowest BCUT2D eigenvalue weighted by Crippen LogP contribution is -2.49. The molecule has 1 aliphatic rings. The number of benzene rings is 3. The van der Waals surface area contributed by atoms with Crippen LogP contribution in [0.4, 0.5) is 0 Å². The molecule has 3 aromatic rings. The van der Waals surface area contributed by atoms with E-state index in [-0.39, 0.29) is 12.4 Å². The quantitative estimate of drug-likeness (QED) is 0.299. The molecule has 0 amide bonds. The Hall–Kier alpha value is -3.11. The molecule has 0 saturated carbocycles. The Balaban J connectivity index is 1.35. The fourth-order valence-corrected chi connectivity index (χ4v) is 4.92. The van der Waals surface area contributed by atoms with Crippen molar-refractivity contribution in [3.8, 4) is 22.6 Å². The number of halogens is 1. The van der Waals surface area contributed by atoms with Crippen LogP contribution in [-0.4, -0.2) is 57.9 Å². The molecule has 3 aromatic carbocycles. The average molecular weight is 561 g/mol. The monoisotopic (exact) mass is 560 g/mol. The Labute approximate surface area is 227 Å². The second kappa shape index (κ2) is 12.2. The minimum absolute atomic E-state index is 0.0781. The molecule has 1 heterocycles. The second-order valence-electron chi connectivity index (χ2n) is 9.16. The Bertz CT molecular complexity index is 1370. The number of rotatable bonds is 13. The van der Waals surface area contributed by atoms with Crippen LogP contribution in [0.25, 0.3) is 11.1 Å². The van der Waals surface area contributed by atoms with Gasteiger partial charge in [0.25, 0.3) is 0 Å². The fraction of sp³-hybridized carbons (Fsp3) is 0.321. The molecule has 1 N–H and O–H groups in total. The van der Waals surface area contributed by atoms with E-state index >= 15 is 0 Å². The van der Waals surface area contributed by atoms with Gasteiger partial charge in [-0.3, -0.25) is 0 Å². The number of hydrogen-bond donors (Lipinski definition) is 1. The number of carbonyl (C=O) groups is 1. The molecule has 8 nitrogen and oxygen atoms in total. The standard InChI is InChI=1S/C28H29ClO8S/c1-38(32,33)13-3-12-35-24-10-11-25(26(29)15-24)21-5-2-4-20(14-21)16-36-23-8-6-22(7-9-23)28(18-34-19-28)37-17-27(30)31/h2,4-11,14-15H,3,12-13,16-19H2,1H3,(H,30,31). The third kappa shape index (κ3) is 7.48. The van der Waals surface area contributed by atoms with Crippen LogP contribution in [0.2, 0.25) is 5.02 Å². The largest absolute Gasteiger partial charge is 0.494 e. The normalized spacial score (nSPS) is 14.5. The third-order valence-electron chi connectivity index (χ3n) is 6.04. The van der Waals surface area contributed by atoms with Crippen molar-refractivity contribution >= 4 is 27.4 Å². The molecule has 202 valence electrons. The minimum atomic E-state index is -3.01. The lowest BCUT2D eigenvalue weighted by atomic mass is 9.91. The number of sulfone groups is 1. The van der Waals surface area contributed by atoms with Crippen molar-refractivity contribution in [2.45, 2.75) is 18.6 Å². The molecule has 0 aromatic heterocycles. The van der Waals surface area contributed by atoms with Gasteiger partial charge in [0.2, 0.25) is 0 Å². The SMILES string of the molecule is CS(=O)(=O)CCCOc1ccc(-c2cccc(COc3ccc(C4(OCC(=O)O)COC4)cc3)c2)c(Cl)c1. The van der Waals surface area contributed by atoms with E-state index < -0.39 is 21.4 Å². The van der Waals surface area contributed by atoms with E-state index in [0.29, 0.717) is 49.4 Å². The molecule has 38 heavy (non-hydrogen) atoms. The number of carboxylic acid groups (broad SMARTS) is 1. The second-order valence-corrected chi connectivity index (χ2v) is 11.8. The summed E-state index contributed by atoms with van der Waals surface area (Å²) < 4.78 is 45.0. The van der Waals surface area contributed by atoms with Gasteiger partial charge in [-0.1, -0.05) is 41.9 Å². The highest BCUT2D eigenvalue weighted by molar-refractivity contribution is 7.90. The van der Waals surface area contributed by atoms with Gasteiger partial charge in [0.1, 0.15) is 40.2 Å². The van der Waals surface area contributed by atoms with Crippen molar-refractivity contribution < 1.29 is 37.3 Å². The summed E-state index contributed by atoms with van der Waals surface area (Å²) in [6, 6.07) is 20.7. The third-order valence-corrected chi connectivity index (χ3v) is 7.38. The Morgan fingerprint density at radius 3 is 2.39 bits per heavy atom. The molecule has 1 aliphatic heterocycles. The molecule has 0 spiro atoms. The summed E-state index contributed by atoms with van der Waals surface area (Å²) in [4.78, 5) is 10.9. The average Bonchev–Trinajstić information content (AvgIpc) is 2.85. The molecule has 1 fully saturated rings. The Kier molecular flexibility index (Phi) is 8.94. The summed E-state index contributed by atoms with van der Waals surface area (Å²) in [6.07, 6.45) is 1.62. The summed E-state index contributed by atoms with van der Waals surface area (Å²) in [6.45, 7) is 0.873. The van der Waals surface area contributed by atoms with Crippen LogP contribution in [-0.2, 0) is 36.3 Å². The van der Waals surface area contributed by atoms with E-state index in [1.807, 2.05) is 60.7 Å². The zero-order valence-corrected chi connectivity index (χ0v) is 22.5. The Morgan fingerprint density at radius 2 is 1.76 bits per heavy atom. The van der Waals surface area contributed by atoms with Crippen molar-refractivity contribution in [2.75, 3.05) is 38.4 Å². The van der Waals surface area contributed by atoms with Crippen molar-refractivity contribution in [3.05, 3.63) is 82.9 Å². The van der Waals surface area contributed by atoms with E-state index in [4.69, 9.17) is 35.7 Å². The van der Waals surface area contributed by atoms with Crippen LogP contribution in [0, 0.1) is 0 Å². The predicted octanol–water partition coefficient (Wildman–Crippen LogP) is 4.73. The van der Waals surface area contributed by atoms with E-state index in [0.717, 1.165) is 22.3 Å². The van der Waals surface area contributed by atoms with Crippen molar-refractivity contribution in [3.63, 3.8) is 0 Å². The summed E-state index contributed by atoms with van der Waals surface area (Å²) in [5.74, 6) is 0.308. The van der Waals surface area contributed by atoms with Crippen LogP contribution in [0.15, 0.2) is 66.7 Å². The molecule has 0 aliphatic carbocycles. The predicted molar refractivity (Wildman–Crippen MR) is 144 cm³/mol. The van der Waals surface area contributed by atoms with E-state index in [1.165, 1.54) is 6.26 Å². The van der Waals surface area contributed by atoms with Gasteiger partial charge in [-0.2, -0.15) is 0 Å². The molecule has 0 bridgehead atoms. The number of aliphatic carboxylic acids is 1. The van der Waals surface area contributed by atoms with Gasteiger partial charge in [-0.15, -0.1) is 0 Å². The van der Waals surface area contributed by atoms with Crippen LogP contribution < -0.4 is 9.47 Å². The van der Waals surface area contributed by atoms with Gasteiger partial charge in [-0.25, -0.2) is 13.2 Å². The first-order chi connectivity index (χ1) is 18.1. The van der Waals surface area contributed by atoms with Gasteiger partial charge in [0.15, 0.2) is 0 Å². The molecule has 4 rings (SSSR count). The summed E-state index contributed by atoms with van der Waals surface area (Å²) in [5.41, 5.74) is 2.84. The minimum Gasteiger partial charge on any atom is -0.494 e. The molecule has 1 saturated heterocycles. The first-order valence-electron chi connectivity index (χ1n) is 12.0. The summed E-state index contributed by atoms with van der Waals surface area (Å²) in [5, 5.41) is 9.46. The topological polar surface area (TPSA) is 108 Å². The smallest absolute Gasteiger partial charge is 0.329 e. The van der Waals surface area contributed by atoms with Crippen molar-refractivity contribution in [2.24, 2.45) is 0 Å². The maximum absolute atomic E-state index is 11.2. The first-order valence-corrected chi connectivity index (χ1v) is 14.4. The first kappa shape index (κ1) is 27.9. The zero-order chi connectivity index (χ0) is 27.2. The number of ether oxygens (including phenoxy) is 4.